The third kappa shape index (κ3) is 5.69. The molecule has 0 aliphatic heterocycles. The Hall–Kier alpha value is -3.84. The van der Waals surface area contributed by atoms with Crippen molar-refractivity contribution >= 4 is 28.1 Å². The molecule has 180 valence electrons. The Morgan fingerprint density at radius 3 is 2.56 bits per heavy atom. The van der Waals surface area contributed by atoms with Gasteiger partial charge in [0.05, 0.1) is 10.4 Å². The topological polar surface area (TPSA) is 74.2 Å². The summed E-state index contributed by atoms with van der Waals surface area (Å²) >= 11 is 1.35. The van der Waals surface area contributed by atoms with Gasteiger partial charge in [-0.25, -0.2) is 5.48 Å². The largest absolute Gasteiger partial charge is 0.306 e. The highest BCUT2D eigenvalue weighted by molar-refractivity contribution is 7.17. The number of carbonyl (C=O) groups is 1. The van der Waals surface area contributed by atoms with Gasteiger partial charge in [0, 0.05) is 29.0 Å². The Kier molecular flexibility index (Phi) is 7.47. The average molecular weight is 494 g/mol. The second kappa shape index (κ2) is 11.3. The molecule has 0 radical (unpaired) electrons. The molecule has 5 rings (SSSR count). The third-order valence-electron chi connectivity index (χ3n) is 6.27. The van der Waals surface area contributed by atoms with Gasteiger partial charge in [0.1, 0.15) is 0 Å². The second-order valence-corrected chi connectivity index (χ2v) is 9.81. The monoisotopic (exact) mass is 493 g/mol. The molecule has 0 fully saturated rings. The molecule has 3 N–H and O–H groups in total. The molecule has 0 saturated carbocycles. The van der Waals surface area contributed by atoms with Crippen LogP contribution >= 0.6 is 11.3 Å². The van der Waals surface area contributed by atoms with E-state index in [1.165, 1.54) is 22.5 Å². The number of carbonyl (C=O) groups excluding carboxylic acids is 1. The lowest BCUT2D eigenvalue weighted by Crippen LogP contribution is -2.22. The summed E-state index contributed by atoms with van der Waals surface area (Å²) in [5.41, 5.74) is 7.40. The van der Waals surface area contributed by atoms with Crippen LogP contribution in [0.3, 0.4) is 0 Å². The lowest BCUT2D eigenvalue weighted by atomic mass is 9.98. The summed E-state index contributed by atoms with van der Waals surface area (Å²) in [5.74, 6) is -0.491. The zero-order valence-corrected chi connectivity index (χ0v) is 20.5. The molecule has 0 aliphatic rings. The fourth-order valence-corrected chi connectivity index (χ4v) is 5.26. The third-order valence-corrected chi connectivity index (χ3v) is 7.41. The number of nitrogens with one attached hydrogen (secondary N) is 2. The molecule has 3 aromatic carbocycles. The number of nitrogens with zero attached hydrogens (tertiary/aromatic N) is 1. The molecule has 6 heteroatoms. The first-order valence-corrected chi connectivity index (χ1v) is 12.8. The van der Waals surface area contributed by atoms with Gasteiger partial charge in [0.25, 0.3) is 5.91 Å². The van der Waals surface area contributed by atoms with Gasteiger partial charge in [-0.1, -0.05) is 66.7 Å². The summed E-state index contributed by atoms with van der Waals surface area (Å²) in [4.78, 5) is 17.9. The number of fused-ring (bicyclic) bond motifs is 1. The number of hydrogen-bond donors (Lipinski definition) is 3. The van der Waals surface area contributed by atoms with Crippen LogP contribution in [0.4, 0.5) is 0 Å². The van der Waals surface area contributed by atoms with Crippen LogP contribution in [0, 0.1) is 0 Å². The molecule has 36 heavy (non-hydrogen) atoms. The van der Waals surface area contributed by atoms with Crippen molar-refractivity contribution in [3.05, 3.63) is 125 Å². The maximum absolute atomic E-state index is 11.7. The maximum Gasteiger partial charge on any atom is 0.284 e. The van der Waals surface area contributed by atoms with E-state index >= 15 is 0 Å². The standard InChI is InChI=1S/C30H27N3O2S/c34-30(33-35)29-16-15-28(36-29)24-11-6-9-22(17-24)19-31-27(14-13-21-7-2-1-3-8-21)25-18-23-10-4-5-12-26(23)32-20-25/h1-12,15-18,20,27,31,35H,13-14,19H2,(H,33,34). The van der Waals surface area contributed by atoms with Crippen molar-refractivity contribution in [2.75, 3.05) is 0 Å². The quantitative estimate of drug-likeness (QED) is 0.161. The van der Waals surface area contributed by atoms with E-state index in [0.29, 0.717) is 11.4 Å². The van der Waals surface area contributed by atoms with E-state index in [1.807, 2.05) is 48.7 Å². The number of hydrogen-bond acceptors (Lipinski definition) is 5. The van der Waals surface area contributed by atoms with Gasteiger partial charge in [-0.05, 0) is 65.4 Å². The van der Waals surface area contributed by atoms with E-state index in [4.69, 9.17) is 10.2 Å². The molecule has 1 atom stereocenters. The van der Waals surface area contributed by atoms with Crippen molar-refractivity contribution in [1.82, 2.24) is 15.8 Å². The van der Waals surface area contributed by atoms with E-state index in [1.54, 1.807) is 11.5 Å². The minimum atomic E-state index is -0.491. The van der Waals surface area contributed by atoms with Crippen LogP contribution < -0.4 is 10.8 Å². The van der Waals surface area contributed by atoms with Gasteiger partial charge in [-0.15, -0.1) is 11.3 Å². The summed E-state index contributed by atoms with van der Waals surface area (Å²) in [7, 11) is 0. The van der Waals surface area contributed by atoms with E-state index in [-0.39, 0.29) is 6.04 Å². The second-order valence-electron chi connectivity index (χ2n) is 8.72. The van der Waals surface area contributed by atoms with E-state index in [2.05, 4.69) is 53.8 Å². The number of amides is 1. The number of aryl methyl sites for hydroxylation is 1. The first-order valence-electron chi connectivity index (χ1n) is 12.0. The Balaban J connectivity index is 1.35. The van der Waals surface area contributed by atoms with Gasteiger partial charge < -0.3 is 5.32 Å². The first kappa shape index (κ1) is 23.9. The predicted octanol–water partition coefficient (Wildman–Crippen LogP) is 6.55. The molecule has 1 unspecified atom stereocenters. The van der Waals surface area contributed by atoms with E-state index in [9.17, 15) is 4.79 Å². The van der Waals surface area contributed by atoms with Crippen molar-refractivity contribution in [2.45, 2.75) is 25.4 Å². The van der Waals surface area contributed by atoms with Gasteiger partial charge >= 0.3 is 0 Å². The zero-order valence-electron chi connectivity index (χ0n) is 19.7. The molecular weight excluding hydrogens is 466 g/mol. The molecule has 2 heterocycles. The van der Waals surface area contributed by atoms with Crippen LogP contribution in [-0.4, -0.2) is 16.1 Å². The average Bonchev–Trinajstić information content (AvgIpc) is 3.44. The molecule has 0 bridgehead atoms. The Labute approximate surface area is 214 Å². The first-order chi connectivity index (χ1) is 17.7. The van der Waals surface area contributed by atoms with Crippen LogP contribution in [-0.2, 0) is 13.0 Å². The Morgan fingerprint density at radius 1 is 0.889 bits per heavy atom. The Morgan fingerprint density at radius 2 is 1.69 bits per heavy atom. The van der Waals surface area contributed by atoms with Crippen molar-refractivity contribution in [2.24, 2.45) is 0 Å². The molecule has 0 aliphatic carbocycles. The lowest BCUT2D eigenvalue weighted by molar-refractivity contribution is 0.0711. The number of benzene rings is 3. The summed E-state index contributed by atoms with van der Waals surface area (Å²) in [5, 5.41) is 13.8. The SMILES string of the molecule is O=C(NO)c1ccc(-c2cccc(CNC(CCc3ccccc3)c3cnc4ccccc4c3)c2)s1. The highest BCUT2D eigenvalue weighted by Crippen LogP contribution is 2.29. The van der Waals surface area contributed by atoms with Crippen LogP contribution in [0.25, 0.3) is 21.3 Å². The highest BCUT2D eigenvalue weighted by Gasteiger charge is 2.14. The molecule has 5 nitrogen and oxygen atoms in total. The van der Waals surface area contributed by atoms with Crippen molar-refractivity contribution in [3.63, 3.8) is 0 Å². The fourth-order valence-electron chi connectivity index (χ4n) is 4.37. The van der Waals surface area contributed by atoms with Gasteiger partial charge in [-0.3, -0.25) is 15.0 Å². The number of para-hydroxylation sites is 1. The summed E-state index contributed by atoms with van der Waals surface area (Å²) in [6.45, 7) is 0.704. The number of pyridine rings is 1. The van der Waals surface area contributed by atoms with Crippen LogP contribution in [0.15, 0.2) is 103 Å². The molecule has 5 aromatic rings. The van der Waals surface area contributed by atoms with Crippen molar-refractivity contribution in [1.29, 1.82) is 0 Å². The minimum absolute atomic E-state index is 0.146. The van der Waals surface area contributed by atoms with Gasteiger partial charge in [0.2, 0.25) is 0 Å². The molecule has 1 amide bonds. The lowest BCUT2D eigenvalue weighted by Gasteiger charge is -2.20. The molecule has 2 aromatic heterocycles. The Bertz CT molecular complexity index is 1470. The highest BCUT2D eigenvalue weighted by atomic mass is 32.1. The van der Waals surface area contributed by atoms with Crippen LogP contribution in [0.5, 0.6) is 0 Å². The van der Waals surface area contributed by atoms with Gasteiger partial charge in [-0.2, -0.15) is 0 Å². The smallest absolute Gasteiger partial charge is 0.284 e. The summed E-state index contributed by atoms with van der Waals surface area (Å²) in [6, 6.07) is 33.1. The van der Waals surface area contributed by atoms with Crippen LogP contribution in [0.1, 0.15) is 38.8 Å². The fraction of sp³-hybridized carbons (Fsp3) is 0.133. The number of aromatic nitrogens is 1. The van der Waals surface area contributed by atoms with E-state index in [0.717, 1.165) is 39.7 Å². The number of hydroxylamine groups is 1. The molecule has 0 spiro atoms. The minimum Gasteiger partial charge on any atom is -0.306 e. The van der Waals surface area contributed by atoms with Gasteiger partial charge in [0.15, 0.2) is 0 Å². The molecule has 0 saturated heterocycles. The zero-order chi connectivity index (χ0) is 24.7. The number of thiophene rings is 1. The van der Waals surface area contributed by atoms with E-state index < -0.39 is 5.91 Å². The van der Waals surface area contributed by atoms with Crippen LogP contribution in [0.2, 0.25) is 0 Å². The maximum atomic E-state index is 11.7. The van der Waals surface area contributed by atoms with Crippen molar-refractivity contribution in [3.8, 4) is 10.4 Å². The van der Waals surface area contributed by atoms with Crippen molar-refractivity contribution < 1.29 is 10.0 Å². The summed E-state index contributed by atoms with van der Waals surface area (Å²) in [6.07, 6.45) is 3.91. The molecular formula is C30H27N3O2S. The number of rotatable bonds is 9. The normalized spacial score (nSPS) is 11.9. The summed E-state index contributed by atoms with van der Waals surface area (Å²) < 4.78 is 0. The predicted molar refractivity (Wildman–Crippen MR) is 145 cm³/mol.